The van der Waals surface area contributed by atoms with Crippen LogP contribution < -0.4 is 10.1 Å². The smallest absolute Gasteiger partial charge is 0.233 e. The predicted octanol–water partition coefficient (Wildman–Crippen LogP) is 3.19. The van der Waals surface area contributed by atoms with Crippen molar-refractivity contribution in [2.45, 2.75) is 0 Å². The van der Waals surface area contributed by atoms with Crippen LogP contribution in [0.3, 0.4) is 0 Å². The van der Waals surface area contributed by atoms with Crippen molar-refractivity contribution >= 4 is 22.4 Å². The van der Waals surface area contributed by atoms with Gasteiger partial charge in [-0.05, 0) is 35.7 Å². The highest BCUT2D eigenvalue weighted by Crippen LogP contribution is 2.23. The molecule has 2 N–H and O–H groups in total. The molecule has 2 heterocycles. The van der Waals surface area contributed by atoms with Crippen LogP contribution in [0.4, 0.5) is 11.5 Å². The molecular weight excluding hydrogens is 252 g/mol. The lowest BCUT2D eigenvalue weighted by Gasteiger charge is -2.08. The third kappa shape index (κ3) is 2.15. The first kappa shape index (κ1) is 12.1. The first-order chi connectivity index (χ1) is 9.80. The van der Waals surface area contributed by atoms with E-state index >= 15 is 0 Å². The quantitative estimate of drug-likeness (QED) is 0.762. The Labute approximate surface area is 115 Å². The SMILES string of the molecule is COc1nc(Nc2ccc3cc[nH]c3c2)ccc1C#N. The van der Waals surface area contributed by atoms with E-state index in [1.807, 2.05) is 36.5 Å². The van der Waals surface area contributed by atoms with Crippen LogP contribution in [0.15, 0.2) is 42.6 Å². The van der Waals surface area contributed by atoms with Crippen molar-refractivity contribution in [1.82, 2.24) is 9.97 Å². The first-order valence-electron chi connectivity index (χ1n) is 6.09. The molecule has 0 saturated carbocycles. The van der Waals surface area contributed by atoms with Crippen molar-refractivity contribution in [1.29, 1.82) is 5.26 Å². The number of nitrogens with one attached hydrogen (secondary N) is 2. The van der Waals surface area contributed by atoms with Gasteiger partial charge >= 0.3 is 0 Å². The Balaban J connectivity index is 1.92. The molecular formula is C15H12N4O. The van der Waals surface area contributed by atoms with Crippen LogP contribution in [-0.2, 0) is 0 Å². The Morgan fingerprint density at radius 3 is 2.95 bits per heavy atom. The minimum atomic E-state index is 0.318. The number of nitrogens with zero attached hydrogens (tertiary/aromatic N) is 2. The summed E-state index contributed by atoms with van der Waals surface area (Å²) in [7, 11) is 1.50. The van der Waals surface area contributed by atoms with Gasteiger partial charge in [0.2, 0.25) is 5.88 Å². The zero-order chi connectivity index (χ0) is 13.9. The molecule has 98 valence electrons. The molecule has 3 aromatic rings. The van der Waals surface area contributed by atoms with Crippen molar-refractivity contribution < 1.29 is 4.74 Å². The Kier molecular flexibility index (Phi) is 2.98. The Morgan fingerprint density at radius 1 is 1.25 bits per heavy atom. The summed E-state index contributed by atoms with van der Waals surface area (Å²) in [6.45, 7) is 0. The molecule has 0 aliphatic rings. The van der Waals surface area contributed by atoms with Crippen molar-refractivity contribution in [2.24, 2.45) is 0 Å². The first-order valence-corrected chi connectivity index (χ1v) is 6.09. The van der Waals surface area contributed by atoms with Crippen LogP contribution >= 0.6 is 0 Å². The highest BCUT2D eigenvalue weighted by atomic mass is 16.5. The molecule has 0 aliphatic carbocycles. The second kappa shape index (κ2) is 4.94. The number of pyridine rings is 1. The van der Waals surface area contributed by atoms with Gasteiger partial charge in [0.1, 0.15) is 17.5 Å². The van der Waals surface area contributed by atoms with Crippen LogP contribution in [0.2, 0.25) is 0 Å². The second-order valence-corrected chi connectivity index (χ2v) is 4.27. The second-order valence-electron chi connectivity index (χ2n) is 4.27. The lowest BCUT2D eigenvalue weighted by atomic mass is 10.2. The van der Waals surface area contributed by atoms with Gasteiger partial charge in [-0.1, -0.05) is 6.07 Å². The van der Waals surface area contributed by atoms with Crippen molar-refractivity contribution in [2.75, 3.05) is 12.4 Å². The van der Waals surface area contributed by atoms with E-state index in [0.29, 0.717) is 17.3 Å². The van der Waals surface area contributed by atoms with Crippen LogP contribution in [0.25, 0.3) is 10.9 Å². The van der Waals surface area contributed by atoms with Gasteiger partial charge < -0.3 is 15.0 Å². The van der Waals surface area contributed by atoms with Gasteiger partial charge in [-0.2, -0.15) is 10.2 Å². The normalized spacial score (nSPS) is 10.2. The van der Waals surface area contributed by atoms with Gasteiger partial charge in [-0.15, -0.1) is 0 Å². The maximum absolute atomic E-state index is 8.93. The lowest BCUT2D eigenvalue weighted by molar-refractivity contribution is 0.397. The van der Waals surface area contributed by atoms with Crippen LogP contribution in [0, 0.1) is 11.3 Å². The summed E-state index contributed by atoms with van der Waals surface area (Å²) in [5.74, 6) is 0.949. The van der Waals surface area contributed by atoms with E-state index in [9.17, 15) is 0 Å². The van der Waals surface area contributed by atoms with Gasteiger partial charge in [0.25, 0.3) is 0 Å². The van der Waals surface area contributed by atoms with E-state index in [4.69, 9.17) is 10.00 Å². The molecule has 0 spiro atoms. The average molecular weight is 264 g/mol. The van der Waals surface area contributed by atoms with E-state index < -0.39 is 0 Å². The van der Waals surface area contributed by atoms with Gasteiger partial charge in [-0.3, -0.25) is 0 Å². The topological polar surface area (TPSA) is 73.7 Å². The number of fused-ring (bicyclic) bond motifs is 1. The number of H-pyrrole nitrogens is 1. The number of methoxy groups -OCH3 is 1. The van der Waals surface area contributed by atoms with E-state index in [-0.39, 0.29) is 0 Å². The van der Waals surface area contributed by atoms with Gasteiger partial charge in [0.05, 0.1) is 7.11 Å². The summed E-state index contributed by atoms with van der Waals surface area (Å²) >= 11 is 0. The van der Waals surface area contributed by atoms with E-state index in [2.05, 4.69) is 15.3 Å². The third-order valence-corrected chi connectivity index (χ3v) is 3.00. The molecule has 0 aliphatic heterocycles. The number of rotatable bonds is 3. The standard InChI is InChI=1S/C15H12N4O/c1-20-15-11(9-16)3-5-14(19-15)18-12-4-2-10-6-7-17-13(10)8-12/h2-8,17H,1H3,(H,18,19). The zero-order valence-electron chi connectivity index (χ0n) is 10.8. The molecule has 1 aromatic carbocycles. The Morgan fingerprint density at radius 2 is 2.15 bits per heavy atom. The molecule has 2 aromatic heterocycles. The summed E-state index contributed by atoms with van der Waals surface area (Å²) in [6, 6.07) is 13.5. The fourth-order valence-electron chi connectivity index (χ4n) is 2.02. The number of ether oxygens (including phenoxy) is 1. The summed E-state index contributed by atoms with van der Waals surface area (Å²) < 4.78 is 5.09. The number of aromatic nitrogens is 2. The number of benzene rings is 1. The minimum absolute atomic E-state index is 0.318. The number of aromatic amines is 1. The molecule has 0 saturated heterocycles. The molecule has 5 nitrogen and oxygen atoms in total. The predicted molar refractivity (Wildman–Crippen MR) is 77.1 cm³/mol. The summed E-state index contributed by atoms with van der Waals surface area (Å²) in [6.07, 6.45) is 1.90. The fraction of sp³-hybridized carbons (Fsp3) is 0.0667. The molecule has 0 atom stereocenters. The number of nitriles is 1. The largest absolute Gasteiger partial charge is 0.480 e. The van der Waals surface area contributed by atoms with Gasteiger partial charge in [0, 0.05) is 17.4 Å². The van der Waals surface area contributed by atoms with Gasteiger partial charge in [0.15, 0.2) is 0 Å². The van der Waals surface area contributed by atoms with E-state index in [1.165, 1.54) is 7.11 Å². The Bertz CT molecular complexity index is 801. The average Bonchev–Trinajstić information content (AvgIpc) is 2.94. The molecule has 0 radical (unpaired) electrons. The number of hydrogen-bond donors (Lipinski definition) is 2. The summed E-state index contributed by atoms with van der Waals surface area (Å²) in [4.78, 5) is 7.42. The molecule has 0 fully saturated rings. The molecule has 0 bridgehead atoms. The number of anilines is 2. The lowest BCUT2D eigenvalue weighted by Crippen LogP contribution is -1.97. The van der Waals surface area contributed by atoms with Crippen LogP contribution in [0.5, 0.6) is 5.88 Å². The van der Waals surface area contributed by atoms with Crippen molar-refractivity contribution in [3.05, 3.63) is 48.2 Å². The van der Waals surface area contributed by atoms with Crippen molar-refractivity contribution in [3.63, 3.8) is 0 Å². The summed E-state index contributed by atoms with van der Waals surface area (Å²) in [5, 5.41) is 13.3. The molecule has 5 heteroatoms. The maximum atomic E-state index is 8.93. The molecule has 0 unspecified atom stereocenters. The minimum Gasteiger partial charge on any atom is -0.480 e. The maximum Gasteiger partial charge on any atom is 0.233 e. The summed E-state index contributed by atoms with van der Waals surface area (Å²) in [5.41, 5.74) is 2.38. The molecule has 0 amide bonds. The zero-order valence-corrected chi connectivity index (χ0v) is 10.8. The third-order valence-electron chi connectivity index (χ3n) is 3.00. The van der Waals surface area contributed by atoms with Crippen molar-refractivity contribution in [3.8, 4) is 11.9 Å². The Hall–Kier alpha value is -3.00. The number of hydrogen-bond acceptors (Lipinski definition) is 4. The monoisotopic (exact) mass is 264 g/mol. The highest BCUT2D eigenvalue weighted by molar-refractivity contribution is 5.83. The van der Waals surface area contributed by atoms with Crippen LogP contribution in [-0.4, -0.2) is 17.1 Å². The van der Waals surface area contributed by atoms with Gasteiger partial charge in [-0.25, -0.2) is 0 Å². The molecule has 3 rings (SSSR count). The van der Waals surface area contributed by atoms with E-state index in [0.717, 1.165) is 16.6 Å². The fourth-order valence-corrected chi connectivity index (χ4v) is 2.02. The van der Waals surface area contributed by atoms with Crippen LogP contribution in [0.1, 0.15) is 5.56 Å². The highest BCUT2D eigenvalue weighted by Gasteiger charge is 2.06. The molecule has 20 heavy (non-hydrogen) atoms. The van der Waals surface area contributed by atoms with E-state index in [1.54, 1.807) is 12.1 Å².